The van der Waals surface area contributed by atoms with Gasteiger partial charge in [0.05, 0.1) is 6.42 Å². The second kappa shape index (κ2) is 6.81. The van der Waals surface area contributed by atoms with Gasteiger partial charge in [0.2, 0.25) is 0 Å². The first-order valence-corrected chi connectivity index (χ1v) is 12.8. The molecule has 32 heavy (non-hydrogen) atoms. The standard InChI is InChI=1S/C18H12O11S3/c19-16(20)6-8-5-13(30(21,22)23)10-3-4-12-15(32(27,28)29)7-14(31(24,25)26)11-2-1-9(8)17(10)18(11)12/h1-5,7H,6H2,(H,19,20)(H,21,22,23)(H,24,25,26)(H,27,28,29). The van der Waals surface area contributed by atoms with Crippen molar-refractivity contribution in [2.75, 3.05) is 0 Å². The van der Waals surface area contributed by atoms with Crippen molar-refractivity contribution in [2.45, 2.75) is 21.1 Å². The van der Waals surface area contributed by atoms with Crippen LogP contribution in [0.1, 0.15) is 5.56 Å². The summed E-state index contributed by atoms with van der Waals surface area (Å²) < 4.78 is 101. The first kappa shape index (κ1) is 22.3. The zero-order chi connectivity index (χ0) is 23.8. The van der Waals surface area contributed by atoms with Gasteiger partial charge in [0.25, 0.3) is 30.4 Å². The molecule has 0 spiro atoms. The Hall–Kier alpha value is -2.88. The van der Waals surface area contributed by atoms with E-state index < -0.39 is 57.4 Å². The van der Waals surface area contributed by atoms with Crippen LogP contribution in [0.3, 0.4) is 0 Å². The number of benzene rings is 4. The fourth-order valence-corrected chi connectivity index (χ4v) is 6.16. The number of hydrogen-bond acceptors (Lipinski definition) is 7. The van der Waals surface area contributed by atoms with E-state index in [-0.39, 0.29) is 37.9 Å². The van der Waals surface area contributed by atoms with Gasteiger partial charge in [-0.1, -0.05) is 24.3 Å². The average Bonchev–Trinajstić information content (AvgIpc) is 2.63. The van der Waals surface area contributed by atoms with Gasteiger partial charge in [0, 0.05) is 21.5 Å². The molecule has 0 radical (unpaired) electrons. The van der Waals surface area contributed by atoms with Gasteiger partial charge in [-0.2, -0.15) is 25.3 Å². The molecule has 14 heteroatoms. The van der Waals surface area contributed by atoms with Crippen molar-refractivity contribution in [3.8, 4) is 0 Å². The topological polar surface area (TPSA) is 200 Å². The van der Waals surface area contributed by atoms with Crippen molar-refractivity contribution >= 4 is 68.6 Å². The Morgan fingerprint density at radius 1 is 0.625 bits per heavy atom. The molecule has 4 aromatic carbocycles. The highest BCUT2D eigenvalue weighted by molar-refractivity contribution is 7.87. The Labute approximate surface area is 180 Å². The molecule has 0 heterocycles. The van der Waals surface area contributed by atoms with E-state index in [2.05, 4.69) is 0 Å². The van der Waals surface area contributed by atoms with Crippen molar-refractivity contribution in [3.63, 3.8) is 0 Å². The summed E-state index contributed by atoms with van der Waals surface area (Å²) in [5, 5.41) is 8.57. The maximum absolute atomic E-state index is 12.0. The molecule has 0 atom stereocenters. The van der Waals surface area contributed by atoms with Crippen molar-refractivity contribution < 1.29 is 48.8 Å². The van der Waals surface area contributed by atoms with E-state index in [4.69, 9.17) is 0 Å². The highest BCUT2D eigenvalue weighted by Gasteiger charge is 2.28. The minimum Gasteiger partial charge on any atom is -0.481 e. The van der Waals surface area contributed by atoms with E-state index >= 15 is 0 Å². The number of carboxylic acid groups (broad SMARTS) is 1. The lowest BCUT2D eigenvalue weighted by atomic mass is 9.91. The summed E-state index contributed by atoms with van der Waals surface area (Å²) >= 11 is 0. The summed E-state index contributed by atoms with van der Waals surface area (Å²) in [6.45, 7) is 0. The van der Waals surface area contributed by atoms with Crippen LogP contribution in [0.4, 0.5) is 0 Å². The maximum Gasteiger partial charge on any atom is 0.307 e. The van der Waals surface area contributed by atoms with Crippen LogP contribution in [-0.2, 0) is 41.6 Å². The molecule has 0 aliphatic carbocycles. The molecule has 0 amide bonds. The third kappa shape index (κ3) is 3.46. The van der Waals surface area contributed by atoms with Crippen LogP contribution in [0.25, 0.3) is 32.3 Å². The molecule has 11 nitrogen and oxygen atoms in total. The third-order valence-electron chi connectivity index (χ3n) is 5.05. The third-order valence-corrected chi connectivity index (χ3v) is 7.73. The van der Waals surface area contributed by atoms with Gasteiger partial charge < -0.3 is 5.11 Å². The molecule has 0 bridgehead atoms. The molecule has 0 aromatic heterocycles. The minimum absolute atomic E-state index is 0.0577. The lowest BCUT2D eigenvalue weighted by Crippen LogP contribution is -2.08. The van der Waals surface area contributed by atoms with E-state index in [0.29, 0.717) is 6.07 Å². The van der Waals surface area contributed by atoms with E-state index in [1.807, 2.05) is 0 Å². The predicted octanol–water partition coefficient (Wildman–Crippen LogP) is 1.95. The van der Waals surface area contributed by atoms with E-state index in [9.17, 15) is 48.8 Å². The normalized spacial score (nSPS) is 13.3. The van der Waals surface area contributed by atoms with Gasteiger partial charge >= 0.3 is 5.97 Å². The smallest absolute Gasteiger partial charge is 0.307 e. The predicted molar refractivity (Wildman–Crippen MR) is 111 cm³/mol. The molecular formula is C18H12O11S3. The fourth-order valence-electron chi connectivity index (χ4n) is 3.92. The monoisotopic (exact) mass is 500 g/mol. The van der Waals surface area contributed by atoms with Crippen LogP contribution >= 0.6 is 0 Å². The van der Waals surface area contributed by atoms with Gasteiger partial charge in [-0.15, -0.1) is 0 Å². The maximum atomic E-state index is 12.0. The highest BCUT2D eigenvalue weighted by Crippen LogP contribution is 2.43. The van der Waals surface area contributed by atoms with Gasteiger partial charge in [0.1, 0.15) is 14.7 Å². The lowest BCUT2D eigenvalue weighted by Gasteiger charge is -2.18. The number of hydrogen-bond donors (Lipinski definition) is 4. The zero-order valence-electron chi connectivity index (χ0n) is 15.5. The molecule has 0 aliphatic heterocycles. The molecule has 0 fully saturated rings. The van der Waals surface area contributed by atoms with Crippen molar-refractivity contribution in [1.82, 2.24) is 0 Å². The number of rotatable bonds is 5. The van der Waals surface area contributed by atoms with Crippen molar-refractivity contribution in [3.05, 3.63) is 42.0 Å². The SMILES string of the molecule is O=C(O)Cc1cc(S(=O)(=O)O)c2ccc3c(S(=O)(=O)O)cc(S(=O)(=O)O)c4ccc1c2c43. The van der Waals surface area contributed by atoms with Crippen LogP contribution in [0, 0.1) is 0 Å². The summed E-state index contributed by atoms with van der Waals surface area (Å²) in [7, 11) is -14.9. The van der Waals surface area contributed by atoms with Crippen LogP contribution in [0.2, 0.25) is 0 Å². The van der Waals surface area contributed by atoms with Crippen LogP contribution in [0.5, 0.6) is 0 Å². The van der Waals surface area contributed by atoms with E-state index in [0.717, 1.165) is 18.2 Å². The molecule has 4 rings (SSSR count). The largest absolute Gasteiger partial charge is 0.481 e. The van der Waals surface area contributed by atoms with Gasteiger partial charge in [0.15, 0.2) is 0 Å². The number of carbonyl (C=O) groups is 1. The average molecular weight is 500 g/mol. The van der Waals surface area contributed by atoms with Crippen molar-refractivity contribution in [1.29, 1.82) is 0 Å². The Bertz CT molecular complexity index is 1730. The quantitative estimate of drug-likeness (QED) is 0.230. The van der Waals surface area contributed by atoms with E-state index in [1.165, 1.54) is 12.1 Å². The highest BCUT2D eigenvalue weighted by atomic mass is 32.2. The Kier molecular flexibility index (Phi) is 4.75. The second-order valence-electron chi connectivity index (χ2n) is 6.97. The van der Waals surface area contributed by atoms with Gasteiger partial charge in [-0.05, 0) is 28.5 Å². The van der Waals surface area contributed by atoms with Crippen LogP contribution in [-0.4, -0.2) is 50.0 Å². The first-order valence-electron chi connectivity index (χ1n) is 8.52. The Morgan fingerprint density at radius 2 is 0.969 bits per heavy atom. The van der Waals surface area contributed by atoms with Crippen LogP contribution < -0.4 is 0 Å². The van der Waals surface area contributed by atoms with Crippen molar-refractivity contribution in [2.24, 2.45) is 0 Å². The summed E-state index contributed by atoms with van der Waals surface area (Å²) in [6, 6.07) is 6.25. The van der Waals surface area contributed by atoms with Crippen LogP contribution in [0.15, 0.2) is 51.1 Å². The fraction of sp³-hybridized carbons (Fsp3) is 0.0556. The minimum atomic E-state index is -5.02. The molecular weight excluding hydrogens is 488 g/mol. The second-order valence-corrected chi connectivity index (χ2v) is 11.1. The summed E-state index contributed by atoms with van der Waals surface area (Å²) in [5.41, 5.74) is -0.0577. The first-order chi connectivity index (χ1) is 14.6. The molecule has 0 saturated carbocycles. The van der Waals surface area contributed by atoms with Gasteiger partial charge in [-0.25, -0.2) is 0 Å². The lowest BCUT2D eigenvalue weighted by molar-refractivity contribution is -0.136. The zero-order valence-corrected chi connectivity index (χ0v) is 18.0. The summed E-state index contributed by atoms with van der Waals surface area (Å²) in [6.07, 6.45) is -0.674. The molecule has 4 N–H and O–H groups in total. The number of aliphatic carboxylic acids is 1. The summed E-state index contributed by atoms with van der Waals surface area (Å²) in [5.74, 6) is -1.33. The molecule has 0 aliphatic rings. The molecule has 168 valence electrons. The summed E-state index contributed by atoms with van der Waals surface area (Å²) in [4.78, 5) is 8.90. The Balaban J connectivity index is 2.43. The van der Waals surface area contributed by atoms with Gasteiger partial charge in [-0.3, -0.25) is 18.5 Å². The molecule has 4 aromatic rings. The van der Waals surface area contributed by atoms with E-state index in [1.54, 1.807) is 0 Å². The number of carboxylic acids is 1. The Morgan fingerprint density at radius 3 is 1.34 bits per heavy atom. The molecule has 0 unspecified atom stereocenters. The molecule has 0 saturated heterocycles.